The fourth-order valence-corrected chi connectivity index (χ4v) is 1.69. The number of esters is 1. The van der Waals surface area contributed by atoms with Crippen LogP contribution in [0.25, 0.3) is 0 Å². The van der Waals surface area contributed by atoms with Crippen molar-refractivity contribution in [3.05, 3.63) is 41.9 Å². The summed E-state index contributed by atoms with van der Waals surface area (Å²) in [6.45, 7) is 1.87. The Bertz CT molecular complexity index is 717. The lowest BCUT2D eigenvalue weighted by molar-refractivity contribution is 0.0526. The number of nitrogens with one attached hydrogen (secondary N) is 1. The molecule has 8 nitrogen and oxygen atoms in total. The van der Waals surface area contributed by atoms with Gasteiger partial charge in [-0.2, -0.15) is 0 Å². The van der Waals surface area contributed by atoms with Gasteiger partial charge in [-0.1, -0.05) is 0 Å². The van der Waals surface area contributed by atoms with Gasteiger partial charge in [0.2, 0.25) is 0 Å². The number of carboxylic acids is 1. The van der Waals surface area contributed by atoms with Crippen molar-refractivity contribution < 1.29 is 24.5 Å². The van der Waals surface area contributed by atoms with Gasteiger partial charge in [0.05, 0.1) is 17.9 Å². The number of aromatic carboxylic acids is 1. The van der Waals surface area contributed by atoms with Crippen molar-refractivity contribution in [2.24, 2.45) is 0 Å². The number of anilines is 2. The van der Waals surface area contributed by atoms with Gasteiger partial charge in [-0.3, -0.25) is 0 Å². The van der Waals surface area contributed by atoms with E-state index in [0.29, 0.717) is 0 Å². The number of hydrogen-bond acceptors (Lipinski definition) is 7. The van der Waals surface area contributed by atoms with Crippen LogP contribution in [0.2, 0.25) is 0 Å². The molecule has 8 heteroatoms. The van der Waals surface area contributed by atoms with Gasteiger partial charge in [0, 0.05) is 6.20 Å². The summed E-state index contributed by atoms with van der Waals surface area (Å²) in [5, 5.41) is 21.5. The zero-order valence-electron chi connectivity index (χ0n) is 11.6. The van der Waals surface area contributed by atoms with Gasteiger partial charge < -0.3 is 20.3 Å². The highest BCUT2D eigenvalue weighted by molar-refractivity contribution is 5.95. The average molecular weight is 303 g/mol. The molecular weight excluding hydrogens is 290 g/mol. The predicted molar refractivity (Wildman–Crippen MR) is 76.3 cm³/mol. The molecule has 1 aromatic carbocycles. The molecule has 0 fully saturated rings. The van der Waals surface area contributed by atoms with Gasteiger partial charge in [0.1, 0.15) is 23.5 Å². The van der Waals surface area contributed by atoms with Crippen molar-refractivity contribution >= 4 is 23.4 Å². The Balaban J connectivity index is 2.32. The smallest absolute Gasteiger partial charge is 0.343 e. The van der Waals surface area contributed by atoms with E-state index < -0.39 is 11.9 Å². The molecule has 22 heavy (non-hydrogen) atoms. The van der Waals surface area contributed by atoms with Gasteiger partial charge in [-0.25, -0.2) is 19.6 Å². The first-order chi connectivity index (χ1) is 10.5. The number of phenolic OH excluding ortho intramolecular Hbond substituents is 1. The highest BCUT2D eigenvalue weighted by atomic mass is 16.5. The number of carbonyl (C=O) groups is 2. The maximum absolute atomic E-state index is 11.8. The molecule has 0 aliphatic heterocycles. The number of nitrogens with zero attached hydrogens (tertiary/aromatic N) is 2. The van der Waals surface area contributed by atoms with E-state index in [0.717, 1.165) is 6.07 Å². The van der Waals surface area contributed by atoms with Crippen molar-refractivity contribution in [3.63, 3.8) is 0 Å². The minimum atomic E-state index is -1.16. The standard InChI is InChI=1S/C14H13N3O5/c1-2-22-14(21)9-6-15-7-16-12(9)17-10-4-3-8(13(19)20)5-11(10)18/h3-7,18H,2H2,1H3,(H,19,20)(H,15,16,17). The summed E-state index contributed by atoms with van der Waals surface area (Å²) in [5.41, 5.74) is 0.247. The third kappa shape index (κ3) is 3.29. The summed E-state index contributed by atoms with van der Waals surface area (Å²) in [5.74, 6) is -1.90. The van der Waals surface area contributed by atoms with Crippen LogP contribution in [0.5, 0.6) is 5.75 Å². The summed E-state index contributed by atoms with van der Waals surface area (Å²) in [7, 11) is 0. The third-order valence-corrected chi connectivity index (χ3v) is 2.71. The first-order valence-corrected chi connectivity index (χ1v) is 6.33. The number of ether oxygens (including phenoxy) is 1. The lowest BCUT2D eigenvalue weighted by Crippen LogP contribution is -2.10. The Morgan fingerprint density at radius 1 is 1.36 bits per heavy atom. The highest BCUT2D eigenvalue weighted by Gasteiger charge is 2.16. The van der Waals surface area contributed by atoms with Crippen molar-refractivity contribution in [1.82, 2.24) is 9.97 Å². The first kappa shape index (κ1) is 15.2. The van der Waals surface area contributed by atoms with Crippen LogP contribution < -0.4 is 5.32 Å². The van der Waals surface area contributed by atoms with E-state index in [4.69, 9.17) is 9.84 Å². The molecule has 0 bridgehead atoms. The SMILES string of the molecule is CCOC(=O)c1cncnc1Nc1ccc(C(=O)O)cc1O. The van der Waals surface area contributed by atoms with E-state index in [-0.39, 0.29) is 35.0 Å². The molecule has 1 aromatic heterocycles. The van der Waals surface area contributed by atoms with Crippen molar-refractivity contribution in [1.29, 1.82) is 0 Å². The van der Waals surface area contributed by atoms with Crippen LogP contribution in [0.1, 0.15) is 27.6 Å². The molecule has 114 valence electrons. The quantitative estimate of drug-likeness (QED) is 0.564. The van der Waals surface area contributed by atoms with E-state index in [9.17, 15) is 14.7 Å². The van der Waals surface area contributed by atoms with E-state index in [1.165, 1.54) is 24.7 Å². The van der Waals surface area contributed by atoms with Crippen LogP contribution in [0.15, 0.2) is 30.7 Å². The number of benzene rings is 1. The molecule has 0 unspecified atom stereocenters. The van der Waals surface area contributed by atoms with Gasteiger partial charge in [-0.15, -0.1) is 0 Å². The minimum Gasteiger partial charge on any atom is -0.506 e. The van der Waals surface area contributed by atoms with Crippen LogP contribution in [0.3, 0.4) is 0 Å². The molecule has 0 aliphatic rings. The molecule has 2 aromatic rings. The number of phenols is 1. The lowest BCUT2D eigenvalue weighted by atomic mass is 10.2. The molecule has 0 spiro atoms. The van der Waals surface area contributed by atoms with E-state index in [1.54, 1.807) is 6.92 Å². The van der Waals surface area contributed by atoms with Gasteiger partial charge in [0.25, 0.3) is 0 Å². The molecule has 1 heterocycles. The van der Waals surface area contributed by atoms with Crippen LogP contribution in [-0.4, -0.2) is 38.7 Å². The Morgan fingerprint density at radius 3 is 2.77 bits per heavy atom. The van der Waals surface area contributed by atoms with Gasteiger partial charge in [-0.05, 0) is 25.1 Å². The highest BCUT2D eigenvalue weighted by Crippen LogP contribution is 2.28. The van der Waals surface area contributed by atoms with Crippen LogP contribution in [-0.2, 0) is 4.74 Å². The summed E-state index contributed by atoms with van der Waals surface area (Å²) in [6.07, 6.45) is 2.52. The number of rotatable bonds is 5. The zero-order chi connectivity index (χ0) is 16.1. The molecule has 3 N–H and O–H groups in total. The maximum Gasteiger partial charge on any atom is 0.343 e. The number of carboxylic acid groups (broad SMARTS) is 1. The van der Waals surface area contributed by atoms with Crippen molar-refractivity contribution in [3.8, 4) is 5.75 Å². The summed E-state index contributed by atoms with van der Waals surface area (Å²) in [6, 6.07) is 3.78. The molecule has 2 rings (SSSR count). The minimum absolute atomic E-state index is 0.0589. The van der Waals surface area contributed by atoms with Crippen molar-refractivity contribution in [2.75, 3.05) is 11.9 Å². The van der Waals surface area contributed by atoms with Gasteiger partial charge >= 0.3 is 11.9 Å². The van der Waals surface area contributed by atoms with Gasteiger partial charge in [0.15, 0.2) is 0 Å². The molecule has 0 aliphatic carbocycles. The van der Waals surface area contributed by atoms with Crippen LogP contribution in [0.4, 0.5) is 11.5 Å². The van der Waals surface area contributed by atoms with Crippen LogP contribution in [0, 0.1) is 0 Å². The fourth-order valence-electron chi connectivity index (χ4n) is 1.69. The molecular formula is C14H13N3O5. The molecule has 0 amide bonds. The molecule has 0 radical (unpaired) electrons. The Hall–Kier alpha value is -3.16. The summed E-state index contributed by atoms with van der Waals surface area (Å²) in [4.78, 5) is 30.3. The third-order valence-electron chi connectivity index (χ3n) is 2.71. The first-order valence-electron chi connectivity index (χ1n) is 6.33. The summed E-state index contributed by atoms with van der Waals surface area (Å²) >= 11 is 0. The Kier molecular flexibility index (Phi) is 4.52. The molecule has 0 saturated carbocycles. The second kappa shape index (κ2) is 6.53. The zero-order valence-corrected chi connectivity index (χ0v) is 11.6. The second-order valence-corrected chi connectivity index (χ2v) is 4.17. The van der Waals surface area contributed by atoms with Crippen LogP contribution >= 0.6 is 0 Å². The second-order valence-electron chi connectivity index (χ2n) is 4.17. The van der Waals surface area contributed by atoms with E-state index in [2.05, 4.69) is 15.3 Å². The fraction of sp³-hybridized carbons (Fsp3) is 0.143. The number of carbonyl (C=O) groups excluding carboxylic acids is 1. The Labute approximate surface area is 125 Å². The van der Waals surface area contributed by atoms with E-state index >= 15 is 0 Å². The molecule has 0 saturated heterocycles. The number of aromatic hydroxyl groups is 1. The number of aromatic nitrogens is 2. The molecule has 0 atom stereocenters. The Morgan fingerprint density at radius 2 is 2.14 bits per heavy atom. The van der Waals surface area contributed by atoms with E-state index in [1.807, 2.05) is 0 Å². The lowest BCUT2D eigenvalue weighted by Gasteiger charge is -2.11. The average Bonchev–Trinajstić information content (AvgIpc) is 2.50. The van der Waals surface area contributed by atoms with Crippen molar-refractivity contribution in [2.45, 2.75) is 6.92 Å². The summed E-state index contributed by atoms with van der Waals surface area (Å²) < 4.78 is 4.89. The largest absolute Gasteiger partial charge is 0.506 e. The normalized spacial score (nSPS) is 10.0. The number of hydrogen-bond donors (Lipinski definition) is 3. The predicted octanol–water partition coefficient (Wildman–Crippen LogP) is 1.80. The maximum atomic E-state index is 11.8. The monoisotopic (exact) mass is 303 g/mol. The topological polar surface area (TPSA) is 122 Å².